The van der Waals surface area contributed by atoms with Gasteiger partial charge in [0.25, 0.3) is 5.91 Å². The molecule has 1 amide bonds. The van der Waals surface area contributed by atoms with Gasteiger partial charge in [-0.25, -0.2) is 4.99 Å². The Kier molecular flexibility index (Phi) is 5.61. The number of guanidine groups is 1. The van der Waals surface area contributed by atoms with E-state index in [1.807, 2.05) is 23.1 Å². The molecule has 2 heterocycles. The highest BCUT2D eigenvalue weighted by Gasteiger charge is 2.30. The maximum atomic E-state index is 12.7. The third-order valence-corrected chi connectivity index (χ3v) is 5.97. The van der Waals surface area contributed by atoms with Crippen molar-refractivity contribution in [1.82, 2.24) is 9.80 Å². The highest BCUT2D eigenvalue weighted by molar-refractivity contribution is 8.93. The summed E-state index contributed by atoms with van der Waals surface area (Å²) in [4.78, 5) is 21.4. The van der Waals surface area contributed by atoms with Crippen molar-refractivity contribution < 1.29 is 9.53 Å². The zero-order valence-electron chi connectivity index (χ0n) is 16.2. The number of carbonyl (C=O) groups excluding carboxylic acids is 1. The molecule has 0 unspecified atom stereocenters. The van der Waals surface area contributed by atoms with Crippen LogP contribution in [-0.4, -0.2) is 54.0 Å². The van der Waals surface area contributed by atoms with Gasteiger partial charge in [0.1, 0.15) is 0 Å². The molecule has 29 heavy (non-hydrogen) atoms. The molecule has 0 spiro atoms. The number of aliphatic imine (C=N–C) groups is 1. The lowest BCUT2D eigenvalue weighted by molar-refractivity contribution is 0.0303. The maximum absolute atomic E-state index is 12.7. The van der Waals surface area contributed by atoms with Crippen molar-refractivity contribution in [1.29, 1.82) is 0 Å². The van der Waals surface area contributed by atoms with Gasteiger partial charge < -0.3 is 20.3 Å². The Balaban J connectivity index is 0.00000205. The minimum atomic E-state index is 0. The number of amides is 1. The van der Waals surface area contributed by atoms with Crippen LogP contribution < -0.4 is 5.73 Å². The van der Waals surface area contributed by atoms with Crippen LogP contribution >= 0.6 is 17.0 Å². The fraction of sp³-hybridized carbons (Fsp3) is 0.364. The van der Waals surface area contributed by atoms with Gasteiger partial charge in [0.15, 0.2) is 5.96 Å². The Hall–Kier alpha value is -2.38. The summed E-state index contributed by atoms with van der Waals surface area (Å²) >= 11 is 0. The molecule has 2 N–H and O–H groups in total. The summed E-state index contributed by atoms with van der Waals surface area (Å²) < 4.78 is 5.34. The minimum absolute atomic E-state index is 0. The van der Waals surface area contributed by atoms with Crippen molar-refractivity contribution in [3.05, 3.63) is 64.7 Å². The van der Waals surface area contributed by atoms with Gasteiger partial charge in [-0.1, -0.05) is 30.3 Å². The Morgan fingerprint density at radius 3 is 2.41 bits per heavy atom. The highest BCUT2D eigenvalue weighted by atomic mass is 79.9. The number of nitrogens with zero attached hydrogens (tertiary/aromatic N) is 3. The zero-order chi connectivity index (χ0) is 19.1. The van der Waals surface area contributed by atoms with Crippen LogP contribution in [-0.2, 0) is 24.1 Å². The number of ether oxygens (including phenoxy) is 1. The first-order valence-corrected chi connectivity index (χ1v) is 9.86. The predicted molar refractivity (Wildman–Crippen MR) is 118 cm³/mol. The van der Waals surface area contributed by atoms with Gasteiger partial charge in [-0.15, -0.1) is 17.0 Å². The second-order valence-corrected chi connectivity index (χ2v) is 7.68. The number of morpholine rings is 1. The summed E-state index contributed by atoms with van der Waals surface area (Å²) in [5, 5.41) is 0. The standard InChI is InChI=1S/C22H24N4O2.BrH/c23-22-24-20-13-17(21(27)25-7-9-28-10-8-25)5-6-18(20)14-26(22)19-11-15-3-1-2-4-16(15)12-19;/h1-6,13,19H,7-12,14H2,(H2,23,24);1H. The van der Waals surface area contributed by atoms with Crippen LogP contribution in [0.25, 0.3) is 0 Å². The number of hydrogen-bond acceptors (Lipinski definition) is 5. The SMILES string of the molecule is Br.NC1=Nc2cc(C(=O)N3CCOCC3)ccc2CN1C1Cc2ccccc2C1. The van der Waals surface area contributed by atoms with E-state index in [9.17, 15) is 4.79 Å². The molecule has 0 aromatic heterocycles. The van der Waals surface area contributed by atoms with E-state index in [1.165, 1.54) is 11.1 Å². The molecule has 3 aliphatic rings. The number of fused-ring (bicyclic) bond motifs is 2. The Morgan fingerprint density at radius 2 is 1.72 bits per heavy atom. The molecule has 2 aromatic rings. The quantitative estimate of drug-likeness (QED) is 0.753. The van der Waals surface area contributed by atoms with Crippen LogP contribution in [0.2, 0.25) is 0 Å². The molecule has 2 aromatic carbocycles. The van der Waals surface area contributed by atoms with Crippen LogP contribution in [0, 0.1) is 0 Å². The second-order valence-electron chi connectivity index (χ2n) is 7.68. The Morgan fingerprint density at radius 1 is 1.03 bits per heavy atom. The molecule has 6 nitrogen and oxygen atoms in total. The fourth-order valence-electron chi connectivity index (χ4n) is 4.41. The molecular formula is C22H25BrN4O2. The van der Waals surface area contributed by atoms with E-state index in [-0.39, 0.29) is 22.9 Å². The minimum Gasteiger partial charge on any atom is -0.378 e. The van der Waals surface area contributed by atoms with Crippen LogP contribution in [0.4, 0.5) is 5.69 Å². The van der Waals surface area contributed by atoms with Crippen LogP contribution in [0.3, 0.4) is 0 Å². The van der Waals surface area contributed by atoms with Crippen LogP contribution in [0.15, 0.2) is 47.5 Å². The smallest absolute Gasteiger partial charge is 0.254 e. The van der Waals surface area contributed by atoms with E-state index in [2.05, 4.69) is 34.2 Å². The molecule has 1 fully saturated rings. The van der Waals surface area contributed by atoms with E-state index >= 15 is 0 Å². The molecule has 2 aliphatic heterocycles. The van der Waals surface area contributed by atoms with Crippen molar-refractivity contribution in [2.45, 2.75) is 25.4 Å². The fourth-order valence-corrected chi connectivity index (χ4v) is 4.41. The van der Waals surface area contributed by atoms with E-state index in [0.717, 1.165) is 30.6 Å². The van der Waals surface area contributed by atoms with Crippen molar-refractivity contribution in [2.24, 2.45) is 10.7 Å². The zero-order valence-corrected chi connectivity index (χ0v) is 17.9. The first kappa shape index (κ1) is 19.9. The summed E-state index contributed by atoms with van der Waals surface area (Å²) in [7, 11) is 0. The molecule has 1 aliphatic carbocycles. The van der Waals surface area contributed by atoms with Gasteiger partial charge in [-0.05, 0) is 41.7 Å². The van der Waals surface area contributed by atoms with Crippen molar-refractivity contribution in [3.8, 4) is 0 Å². The van der Waals surface area contributed by atoms with Crippen LogP contribution in [0.5, 0.6) is 0 Å². The largest absolute Gasteiger partial charge is 0.378 e. The predicted octanol–water partition coefficient (Wildman–Crippen LogP) is 2.67. The van der Waals surface area contributed by atoms with Gasteiger partial charge >= 0.3 is 0 Å². The number of hydrogen-bond donors (Lipinski definition) is 1. The number of carbonyl (C=O) groups is 1. The normalized spacial score (nSPS) is 18.6. The monoisotopic (exact) mass is 456 g/mol. The third kappa shape index (κ3) is 3.76. The molecule has 5 rings (SSSR count). The van der Waals surface area contributed by atoms with Gasteiger partial charge in [-0.3, -0.25) is 4.79 Å². The lowest BCUT2D eigenvalue weighted by Gasteiger charge is -2.33. The van der Waals surface area contributed by atoms with Crippen molar-refractivity contribution in [2.75, 3.05) is 26.3 Å². The van der Waals surface area contributed by atoms with Gasteiger partial charge in [0, 0.05) is 31.2 Å². The first-order valence-electron chi connectivity index (χ1n) is 9.86. The Labute approximate surface area is 181 Å². The maximum Gasteiger partial charge on any atom is 0.254 e. The number of rotatable bonds is 2. The summed E-state index contributed by atoms with van der Waals surface area (Å²) in [6.07, 6.45) is 1.99. The van der Waals surface area contributed by atoms with E-state index in [0.29, 0.717) is 43.9 Å². The molecule has 0 saturated carbocycles. The summed E-state index contributed by atoms with van der Waals surface area (Å²) in [6.45, 7) is 3.20. The number of nitrogens with two attached hydrogens (primary N) is 1. The molecule has 7 heteroatoms. The Bertz CT molecular complexity index is 931. The van der Waals surface area contributed by atoms with E-state index < -0.39 is 0 Å². The highest BCUT2D eigenvalue weighted by Crippen LogP contribution is 2.32. The van der Waals surface area contributed by atoms with Crippen LogP contribution in [0.1, 0.15) is 27.0 Å². The average molecular weight is 457 g/mol. The molecule has 0 radical (unpaired) electrons. The molecular weight excluding hydrogens is 432 g/mol. The lowest BCUT2D eigenvalue weighted by Crippen LogP contribution is -2.46. The van der Waals surface area contributed by atoms with Crippen molar-refractivity contribution >= 4 is 34.5 Å². The topological polar surface area (TPSA) is 71.2 Å². The van der Waals surface area contributed by atoms with Gasteiger partial charge in [-0.2, -0.15) is 0 Å². The van der Waals surface area contributed by atoms with E-state index in [4.69, 9.17) is 10.5 Å². The lowest BCUT2D eigenvalue weighted by atomic mass is 10.0. The van der Waals surface area contributed by atoms with Crippen molar-refractivity contribution in [3.63, 3.8) is 0 Å². The van der Waals surface area contributed by atoms with Gasteiger partial charge in [0.05, 0.1) is 18.9 Å². The van der Waals surface area contributed by atoms with Gasteiger partial charge in [0.2, 0.25) is 0 Å². The number of halogens is 1. The summed E-state index contributed by atoms with van der Waals surface area (Å²) in [6, 6.07) is 14.7. The molecule has 152 valence electrons. The molecule has 0 atom stereocenters. The number of benzene rings is 2. The third-order valence-electron chi connectivity index (χ3n) is 5.97. The first-order chi connectivity index (χ1) is 13.7. The summed E-state index contributed by atoms with van der Waals surface area (Å²) in [5.74, 6) is 0.579. The second kappa shape index (κ2) is 8.16. The average Bonchev–Trinajstić information content (AvgIpc) is 3.17. The molecule has 1 saturated heterocycles. The molecule has 0 bridgehead atoms. The summed E-state index contributed by atoms with van der Waals surface area (Å²) in [5.41, 5.74) is 11.7. The van der Waals surface area contributed by atoms with E-state index in [1.54, 1.807) is 0 Å².